The van der Waals surface area contributed by atoms with Gasteiger partial charge in [0.2, 0.25) is 0 Å². The number of hydrogen-bond acceptors (Lipinski definition) is 3. The first-order chi connectivity index (χ1) is 7.61. The molecule has 2 rings (SSSR count). The maximum atomic E-state index is 8.86. The van der Waals surface area contributed by atoms with Gasteiger partial charge >= 0.3 is 0 Å². The second-order valence-electron chi connectivity index (χ2n) is 3.47. The molecule has 16 heavy (non-hydrogen) atoms. The normalized spacial score (nSPS) is 10.1. The summed E-state index contributed by atoms with van der Waals surface area (Å²) < 4.78 is 0. The fourth-order valence-corrected chi connectivity index (χ4v) is 2.62. The van der Waals surface area contributed by atoms with E-state index >= 15 is 0 Å². The van der Waals surface area contributed by atoms with E-state index in [1.54, 1.807) is 0 Å². The Morgan fingerprint density at radius 2 is 2.12 bits per heavy atom. The van der Waals surface area contributed by atoms with Crippen LogP contribution in [0.3, 0.4) is 0 Å². The third-order valence-electron chi connectivity index (χ3n) is 2.33. The zero-order chi connectivity index (χ0) is 11.7. The zero-order valence-corrected chi connectivity index (χ0v) is 10.2. The fourth-order valence-electron chi connectivity index (χ4n) is 1.48. The van der Waals surface area contributed by atoms with Gasteiger partial charge in [-0.25, -0.2) is 0 Å². The molecule has 0 aliphatic heterocycles. The highest BCUT2D eigenvalue weighted by molar-refractivity contribution is 7.16. The second kappa shape index (κ2) is 4.17. The van der Waals surface area contributed by atoms with E-state index in [0.29, 0.717) is 15.6 Å². The van der Waals surface area contributed by atoms with Crippen molar-refractivity contribution in [3.8, 4) is 16.5 Å². The van der Waals surface area contributed by atoms with E-state index < -0.39 is 0 Å². The number of nitriles is 1. The molecule has 0 fully saturated rings. The first-order valence-electron chi connectivity index (χ1n) is 4.67. The van der Waals surface area contributed by atoms with Crippen molar-refractivity contribution in [1.29, 1.82) is 5.26 Å². The summed E-state index contributed by atoms with van der Waals surface area (Å²) in [6.07, 6.45) is 0. The van der Waals surface area contributed by atoms with Gasteiger partial charge in [-0.1, -0.05) is 17.7 Å². The van der Waals surface area contributed by atoms with Crippen LogP contribution < -0.4 is 5.73 Å². The molecule has 0 atom stereocenters. The summed E-state index contributed by atoms with van der Waals surface area (Å²) in [5.41, 5.74) is 8.42. The van der Waals surface area contributed by atoms with Crippen LogP contribution in [0, 0.1) is 18.3 Å². The molecule has 80 valence electrons. The van der Waals surface area contributed by atoms with Crippen LogP contribution in [0.1, 0.15) is 10.4 Å². The summed E-state index contributed by atoms with van der Waals surface area (Å²) >= 11 is 7.35. The van der Waals surface area contributed by atoms with Crippen LogP contribution in [-0.2, 0) is 0 Å². The molecule has 0 amide bonds. The fraction of sp³-hybridized carbons (Fsp3) is 0.0833. The van der Waals surface area contributed by atoms with E-state index in [9.17, 15) is 0 Å². The number of rotatable bonds is 1. The molecule has 1 heterocycles. The monoisotopic (exact) mass is 248 g/mol. The van der Waals surface area contributed by atoms with Crippen LogP contribution in [0.4, 0.5) is 5.69 Å². The predicted octanol–water partition coefficient (Wildman–Crippen LogP) is 3.83. The molecule has 2 nitrogen and oxygen atoms in total. The van der Waals surface area contributed by atoms with Crippen molar-refractivity contribution in [2.45, 2.75) is 6.92 Å². The summed E-state index contributed by atoms with van der Waals surface area (Å²) in [5.74, 6) is 0. The Bertz CT molecular complexity index is 581. The highest BCUT2D eigenvalue weighted by Gasteiger charge is 2.09. The molecule has 0 bridgehead atoms. The number of thiophene rings is 1. The molecular formula is C12H9ClN2S. The molecule has 0 spiro atoms. The van der Waals surface area contributed by atoms with E-state index in [4.69, 9.17) is 22.6 Å². The number of aryl methyl sites for hydroxylation is 1. The van der Waals surface area contributed by atoms with Gasteiger partial charge in [-0.3, -0.25) is 0 Å². The Morgan fingerprint density at radius 3 is 2.75 bits per heavy atom. The first-order valence-corrected chi connectivity index (χ1v) is 5.87. The van der Waals surface area contributed by atoms with E-state index in [-0.39, 0.29) is 0 Å². The van der Waals surface area contributed by atoms with E-state index in [1.807, 2.05) is 31.2 Å². The summed E-state index contributed by atoms with van der Waals surface area (Å²) in [4.78, 5) is 1.53. The van der Waals surface area contributed by atoms with E-state index in [0.717, 1.165) is 16.0 Å². The van der Waals surface area contributed by atoms with Crippen molar-refractivity contribution in [3.63, 3.8) is 0 Å². The molecule has 4 heteroatoms. The van der Waals surface area contributed by atoms with Gasteiger partial charge in [-0.15, -0.1) is 11.3 Å². The number of halogens is 1. The lowest BCUT2D eigenvalue weighted by atomic mass is 10.1. The number of hydrogen-bond donors (Lipinski definition) is 1. The molecule has 0 saturated heterocycles. The number of nitrogen functional groups attached to an aromatic ring is 1. The van der Waals surface area contributed by atoms with Crippen molar-refractivity contribution in [2.24, 2.45) is 0 Å². The Kier molecular flexibility index (Phi) is 2.86. The van der Waals surface area contributed by atoms with Gasteiger partial charge in [0.05, 0.1) is 5.69 Å². The first kappa shape index (κ1) is 11.0. The molecule has 0 radical (unpaired) electrons. The third-order valence-corrected chi connectivity index (χ3v) is 3.65. The van der Waals surface area contributed by atoms with E-state index in [1.165, 1.54) is 11.3 Å². The topological polar surface area (TPSA) is 49.8 Å². The molecule has 2 N–H and O–H groups in total. The maximum Gasteiger partial charge on any atom is 0.128 e. The molecule has 1 aromatic heterocycles. The van der Waals surface area contributed by atoms with Gasteiger partial charge in [-0.2, -0.15) is 5.26 Å². The lowest BCUT2D eigenvalue weighted by Crippen LogP contribution is -1.82. The van der Waals surface area contributed by atoms with Gasteiger partial charge in [-0.05, 0) is 36.2 Å². The van der Waals surface area contributed by atoms with Gasteiger partial charge in [0.25, 0.3) is 0 Å². The second-order valence-corrected chi connectivity index (χ2v) is 4.95. The molecule has 0 aliphatic carbocycles. The van der Waals surface area contributed by atoms with Crippen molar-refractivity contribution in [3.05, 3.63) is 39.7 Å². The van der Waals surface area contributed by atoms with Crippen molar-refractivity contribution < 1.29 is 0 Å². The van der Waals surface area contributed by atoms with Gasteiger partial charge in [0.15, 0.2) is 0 Å². The maximum absolute atomic E-state index is 8.86. The predicted molar refractivity (Wildman–Crippen MR) is 68.6 cm³/mol. The third kappa shape index (κ3) is 1.90. The number of nitrogens with zero attached hydrogens (tertiary/aromatic N) is 1. The van der Waals surface area contributed by atoms with Crippen molar-refractivity contribution >= 4 is 28.6 Å². The van der Waals surface area contributed by atoms with Crippen LogP contribution in [0.5, 0.6) is 0 Å². The van der Waals surface area contributed by atoms with Gasteiger partial charge in [0, 0.05) is 9.90 Å². The Hall–Kier alpha value is -1.50. The van der Waals surface area contributed by atoms with Crippen LogP contribution in [-0.4, -0.2) is 0 Å². The smallest absolute Gasteiger partial charge is 0.128 e. The van der Waals surface area contributed by atoms with Gasteiger partial charge in [0.1, 0.15) is 10.9 Å². The summed E-state index contributed by atoms with van der Waals surface area (Å²) in [5, 5.41) is 9.54. The summed E-state index contributed by atoms with van der Waals surface area (Å²) in [6, 6.07) is 9.60. The van der Waals surface area contributed by atoms with Crippen LogP contribution in [0.25, 0.3) is 10.4 Å². The number of benzene rings is 1. The Balaban J connectivity index is 2.59. The lowest BCUT2D eigenvalue weighted by Gasteiger charge is -2.02. The van der Waals surface area contributed by atoms with Crippen molar-refractivity contribution in [2.75, 3.05) is 5.73 Å². The SMILES string of the molecule is Cc1ccc(Cl)cc1-c1cc(N)c(C#N)s1. The molecule has 0 saturated carbocycles. The molecule has 2 aromatic rings. The van der Waals surface area contributed by atoms with Crippen LogP contribution in [0.2, 0.25) is 5.02 Å². The Labute approximate surface area is 103 Å². The van der Waals surface area contributed by atoms with Crippen LogP contribution >= 0.6 is 22.9 Å². The summed E-state index contributed by atoms with van der Waals surface area (Å²) in [7, 11) is 0. The standard InChI is InChI=1S/C12H9ClN2S/c1-7-2-3-8(13)4-9(7)11-5-10(15)12(6-14)16-11/h2-5H,15H2,1H3. The highest BCUT2D eigenvalue weighted by Crippen LogP contribution is 2.35. The van der Waals surface area contributed by atoms with Gasteiger partial charge < -0.3 is 5.73 Å². The zero-order valence-electron chi connectivity index (χ0n) is 8.62. The van der Waals surface area contributed by atoms with Crippen molar-refractivity contribution in [1.82, 2.24) is 0 Å². The highest BCUT2D eigenvalue weighted by atomic mass is 35.5. The lowest BCUT2D eigenvalue weighted by molar-refractivity contribution is 1.48. The quantitative estimate of drug-likeness (QED) is 0.834. The van der Waals surface area contributed by atoms with Crippen LogP contribution in [0.15, 0.2) is 24.3 Å². The average Bonchev–Trinajstić information content (AvgIpc) is 2.63. The van der Waals surface area contributed by atoms with E-state index in [2.05, 4.69) is 6.07 Å². The molecular weight excluding hydrogens is 240 g/mol. The minimum absolute atomic E-state index is 0.530. The average molecular weight is 249 g/mol. The minimum Gasteiger partial charge on any atom is -0.397 e. The molecule has 1 aromatic carbocycles. The molecule has 0 unspecified atom stereocenters. The minimum atomic E-state index is 0.530. The Morgan fingerprint density at radius 1 is 1.38 bits per heavy atom. The number of anilines is 1. The number of nitrogens with two attached hydrogens (primary N) is 1. The summed E-state index contributed by atoms with van der Waals surface area (Å²) in [6.45, 7) is 2.01. The molecule has 0 aliphatic rings. The largest absolute Gasteiger partial charge is 0.397 e.